The Balaban J connectivity index is 1.61. The summed E-state index contributed by atoms with van der Waals surface area (Å²) in [5.74, 6) is 0.560. The van der Waals surface area contributed by atoms with E-state index < -0.39 is 0 Å². The molecule has 0 saturated carbocycles. The molecule has 0 amide bonds. The van der Waals surface area contributed by atoms with Crippen molar-refractivity contribution >= 4 is 27.9 Å². The highest BCUT2D eigenvalue weighted by Gasteiger charge is 2.25. The Morgan fingerprint density at radius 1 is 1.08 bits per heavy atom. The van der Waals surface area contributed by atoms with Gasteiger partial charge in [0, 0.05) is 17.4 Å². The molecular weight excluding hydrogens is 321 g/mol. The predicted octanol–water partition coefficient (Wildman–Crippen LogP) is 4.45. The van der Waals surface area contributed by atoms with Crippen LogP contribution in [-0.2, 0) is 0 Å². The molecule has 25 heavy (non-hydrogen) atoms. The second-order valence-corrected chi connectivity index (χ2v) is 5.99. The summed E-state index contributed by atoms with van der Waals surface area (Å²) in [6.07, 6.45) is 2.22. The first-order valence-corrected chi connectivity index (χ1v) is 8.11. The highest BCUT2D eigenvalue weighted by molar-refractivity contribution is 6.05. The molecule has 124 valence electrons. The number of anilines is 1. The van der Waals surface area contributed by atoms with Crippen molar-refractivity contribution in [1.29, 1.82) is 0 Å². The summed E-state index contributed by atoms with van der Waals surface area (Å²) in [6, 6.07) is 12.6. The van der Waals surface area contributed by atoms with E-state index in [9.17, 15) is 4.39 Å². The van der Waals surface area contributed by atoms with Gasteiger partial charge in [0.1, 0.15) is 17.4 Å². The maximum atomic E-state index is 14.0. The highest BCUT2D eigenvalue weighted by atomic mass is 19.1. The van der Waals surface area contributed by atoms with Crippen molar-refractivity contribution in [2.45, 2.75) is 12.5 Å². The molecule has 4 aromatic rings. The number of nitrogens with one attached hydrogen (secondary N) is 1. The van der Waals surface area contributed by atoms with Crippen LogP contribution in [0.25, 0.3) is 22.1 Å². The zero-order valence-electron chi connectivity index (χ0n) is 13.2. The Morgan fingerprint density at radius 3 is 2.96 bits per heavy atom. The number of benzene rings is 2. The molecule has 0 radical (unpaired) electrons. The molecule has 1 atom stereocenters. The Bertz CT molecular complexity index is 1090. The number of nitrogens with zero attached hydrogens (tertiary/aromatic N) is 2. The van der Waals surface area contributed by atoms with E-state index in [4.69, 9.17) is 9.15 Å². The molecule has 1 N–H and O–H groups in total. The maximum Gasteiger partial charge on any atom is 0.196 e. The van der Waals surface area contributed by atoms with Crippen molar-refractivity contribution in [3.8, 4) is 5.75 Å². The molecule has 2 aromatic carbocycles. The van der Waals surface area contributed by atoms with E-state index in [1.807, 2.05) is 30.3 Å². The van der Waals surface area contributed by atoms with E-state index in [0.717, 1.165) is 22.0 Å². The molecule has 1 aliphatic heterocycles. The first kappa shape index (κ1) is 14.2. The Labute approximate surface area is 142 Å². The molecule has 1 aliphatic rings. The lowest BCUT2D eigenvalue weighted by molar-refractivity contribution is 0.260. The van der Waals surface area contributed by atoms with E-state index >= 15 is 0 Å². The topological polar surface area (TPSA) is 60.2 Å². The largest absolute Gasteiger partial charge is 0.490 e. The summed E-state index contributed by atoms with van der Waals surface area (Å²) >= 11 is 0. The van der Waals surface area contributed by atoms with Crippen LogP contribution in [0.3, 0.4) is 0 Å². The number of rotatable bonds is 2. The number of halogens is 1. The van der Waals surface area contributed by atoms with Crippen molar-refractivity contribution < 1.29 is 13.5 Å². The number of hydrogen-bond donors (Lipinski definition) is 1. The van der Waals surface area contributed by atoms with E-state index in [-0.39, 0.29) is 11.9 Å². The van der Waals surface area contributed by atoms with Gasteiger partial charge in [0.2, 0.25) is 0 Å². The summed E-state index contributed by atoms with van der Waals surface area (Å²) in [7, 11) is 0. The van der Waals surface area contributed by atoms with Gasteiger partial charge in [0.25, 0.3) is 0 Å². The lowest BCUT2D eigenvalue weighted by Crippen LogP contribution is -2.21. The molecule has 0 fully saturated rings. The normalized spacial score (nSPS) is 16.6. The summed E-state index contributed by atoms with van der Waals surface area (Å²) < 4.78 is 25.4. The summed E-state index contributed by atoms with van der Waals surface area (Å²) in [4.78, 5) is 8.69. The van der Waals surface area contributed by atoms with Gasteiger partial charge in [-0.15, -0.1) is 0 Å². The third-order valence-electron chi connectivity index (χ3n) is 4.49. The van der Waals surface area contributed by atoms with Gasteiger partial charge < -0.3 is 14.5 Å². The van der Waals surface area contributed by atoms with Gasteiger partial charge in [-0.2, -0.15) is 0 Å². The number of fused-ring (bicyclic) bond motifs is 4. The smallest absolute Gasteiger partial charge is 0.196 e. The average Bonchev–Trinajstić information content (AvgIpc) is 3.03. The molecule has 5 rings (SSSR count). The molecule has 0 saturated heterocycles. The fourth-order valence-electron chi connectivity index (χ4n) is 3.33. The van der Waals surface area contributed by atoms with Gasteiger partial charge in [-0.25, -0.2) is 14.4 Å². The Kier molecular flexibility index (Phi) is 3.09. The Morgan fingerprint density at radius 2 is 2.00 bits per heavy atom. The quantitative estimate of drug-likeness (QED) is 0.586. The molecule has 3 heterocycles. The van der Waals surface area contributed by atoms with Crippen LogP contribution in [0.5, 0.6) is 5.75 Å². The zero-order valence-corrected chi connectivity index (χ0v) is 13.2. The van der Waals surface area contributed by atoms with Crippen molar-refractivity contribution in [1.82, 2.24) is 9.97 Å². The second-order valence-electron chi connectivity index (χ2n) is 5.99. The minimum absolute atomic E-state index is 0.106. The number of furan rings is 1. The minimum atomic E-state index is -0.347. The summed E-state index contributed by atoms with van der Waals surface area (Å²) in [5, 5.41) is 4.32. The lowest BCUT2D eigenvalue weighted by atomic mass is 10.0. The van der Waals surface area contributed by atoms with E-state index in [1.54, 1.807) is 6.07 Å². The van der Waals surface area contributed by atoms with E-state index in [1.165, 1.54) is 12.4 Å². The van der Waals surface area contributed by atoms with Crippen molar-refractivity contribution in [3.05, 3.63) is 60.2 Å². The van der Waals surface area contributed by atoms with Gasteiger partial charge in [0.05, 0.1) is 12.6 Å². The van der Waals surface area contributed by atoms with Crippen LogP contribution in [0.15, 0.2) is 53.2 Å². The number of para-hydroxylation sites is 2. The predicted molar refractivity (Wildman–Crippen MR) is 92.2 cm³/mol. The molecule has 0 spiro atoms. The average molecular weight is 335 g/mol. The lowest BCUT2D eigenvalue weighted by Gasteiger charge is -2.27. The third kappa shape index (κ3) is 2.21. The van der Waals surface area contributed by atoms with Gasteiger partial charge in [-0.05, 0) is 18.2 Å². The monoisotopic (exact) mass is 335 g/mol. The molecule has 6 heteroatoms. The zero-order chi connectivity index (χ0) is 16.8. The maximum absolute atomic E-state index is 14.0. The third-order valence-corrected chi connectivity index (χ3v) is 4.49. The van der Waals surface area contributed by atoms with Gasteiger partial charge >= 0.3 is 0 Å². The van der Waals surface area contributed by atoms with Crippen molar-refractivity contribution in [3.63, 3.8) is 0 Å². The van der Waals surface area contributed by atoms with Crippen LogP contribution < -0.4 is 10.1 Å². The van der Waals surface area contributed by atoms with E-state index in [2.05, 4.69) is 15.3 Å². The summed E-state index contributed by atoms with van der Waals surface area (Å²) in [5.41, 5.74) is 2.92. The molecule has 0 aliphatic carbocycles. The van der Waals surface area contributed by atoms with Crippen molar-refractivity contribution in [2.24, 2.45) is 0 Å². The van der Waals surface area contributed by atoms with Crippen LogP contribution in [0.4, 0.5) is 10.2 Å². The van der Waals surface area contributed by atoms with Crippen LogP contribution in [0.1, 0.15) is 18.0 Å². The van der Waals surface area contributed by atoms with Gasteiger partial charge in [0.15, 0.2) is 23.0 Å². The number of aromatic nitrogens is 2. The van der Waals surface area contributed by atoms with Crippen LogP contribution in [0.2, 0.25) is 0 Å². The molecule has 5 nitrogen and oxygen atoms in total. The van der Waals surface area contributed by atoms with Crippen LogP contribution in [0, 0.1) is 5.82 Å². The SMILES string of the molecule is Fc1cccc2c1OCC[C@@H]2Nc1ncnc2c1oc1ccccc12. The molecular formula is C19H14FN3O2. The number of ether oxygens (including phenoxy) is 1. The Hall–Kier alpha value is -3.15. The first-order valence-electron chi connectivity index (χ1n) is 8.11. The second kappa shape index (κ2) is 5.44. The molecule has 0 unspecified atom stereocenters. The van der Waals surface area contributed by atoms with Gasteiger partial charge in [-0.3, -0.25) is 0 Å². The standard InChI is InChI=1S/C19H14FN3O2/c20-13-6-3-5-11-14(8-9-24-17(11)13)23-19-18-16(21-10-22-19)12-4-1-2-7-15(12)25-18/h1-7,10,14H,8-9H2,(H,21,22,23)/t14-/m0/s1. The van der Waals surface area contributed by atoms with Gasteiger partial charge in [-0.1, -0.05) is 24.3 Å². The van der Waals surface area contributed by atoms with Crippen LogP contribution >= 0.6 is 0 Å². The van der Waals surface area contributed by atoms with Crippen molar-refractivity contribution in [2.75, 3.05) is 11.9 Å². The first-order chi connectivity index (χ1) is 12.3. The fraction of sp³-hybridized carbons (Fsp3) is 0.158. The minimum Gasteiger partial charge on any atom is -0.490 e. The fourth-order valence-corrected chi connectivity index (χ4v) is 3.33. The molecule has 2 aromatic heterocycles. The number of hydrogen-bond acceptors (Lipinski definition) is 5. The molecule has 0 bridgehead atoms. The van der Waals surface area contributed by atoms with Crippen LogP contribution in [-0.4, -0.2) is 16.6 Å². The van der Waals surface area contributed by atoms with E-state index in [0.29, 0.717) is 30.2 Å². The highest BCUT2D eigenvalue weighted by Crippen LogP contribution is 2.38. The summed E-state index contributed by atoms with van der Waals surface area (Å²) in [6.45, 7) is 0.444.